The molecule has 98 valence electrons. The van der Waals surface area contributed by atoms with Crippen LogP contribution in [0.5, 0.6) is 0 Å². The first kappa shape index (κ1) is 14.8. The van der Waals surface area contributed by atoms with Crippen LogP contribution in [0.25, 0.3) is 0 Å². The Morgan fingerprint density at radius 1 is 1.28 bits per heavy atom. The second-order valence-electron chi connectivity index (χ2n) is 3.78. The lowest BCUT2D eigenvalue weighted by Crippen LogP contribution is -2.36. The van der Waals surface area contributed by atoms with Crippen molar-refractivity contribution in [3.63, 3.8) is 0 Å². The fraction of sp³-hybridized carbons (Fsp3) is 0.273. The molecule has 0 heterocycles. The van der Waals surface area contributed by atoms with Gasteiger partial charge in [-0.15, -0.1) is 0 Å². The number of halogens is 2. The standard InChI is InChI=1S/C11H13Cl2N3O2/c1-16(5-9(14)17)6-10(18)15-11-7(12)3-2-4-8(11)13/h2-4H,5-6H2,1H3,(H2,14,17)(H,15,18). The van der Waals surface area contributed by atoms with E-state index in [1.807, 2.05) is 0 Å². The van der Waals surface area contributed by atoms with Crippen molar-refractivity contribution in [3.8, 4) is 0 Å². The summed E-state index contributed by atoms with van der Waals surface area (Å²) in [5, 5.41) is 3.30. The molecule has 1 rings (SSSR count). The quantitative estimate of drug-likeness (QED) is 0.859. The topological polar surface area (TPSA) is 75.4 Å². The van der Waals surface area contributed by atoms with Crippen LogP contribution in [0.3, 0.4) is 0 Å². The predicted octanol–water partition coefficient (Wildman–Crippen LogP) is 1.35. The van der Waals surface area contributed by atoms with Crippen LogP contribution in [0.15, 0.2) is 18.2 Å². The Morgan fingerprint density at radius 2 is 1.83 bits per heavy atom. The minimum absolute atomic E-state index is 0.00364. The van der Waals surface area contributed by atoms with Gasteiger partial charge >= 0.3 is 0 Å². The van der Waals surface area contributed by atoms with Crippen molar-refractivity contribution in [2.45, 2.75) is 0 Å². The van der Waals surface area contributed by atoms with Gasteiger partial charge in [0.1, 0.15) is 0 Å². The first-order valence-electron chi connectivity index (χ1n) is 5.11. The maximum absolute atomic E-state index is 11.7. The van der Waals surface area contributed by atoms with E-state index >= 15 is 0 Å². The van der Waals surface area contributed by atoms with Crippen LogP contribution in [-0.2, 0) is 9.59 Å². The van der Waals surface area contributed by atoms with Crippen molar-refractivity contribution in [2.24, 2.45) is 5.73 Å². The van der Waals surface area contributed by atoms with Gasteiger partial charge in [0.05, 0.1) is 28.8 Å². The fourth-order valence-electron chi connectivity index (χ4n) is 1.36. The highest BCUT2D eigenvalue weighted by Crippen LogP contribution is 2.29. The number of carbonyl (C=O) groups excluding carboxylic acids is 2. The number of hydrogen-bond donors (Lipinski definition) is 2. The monoisotopic (exact) mass is 289 g/mol. The minimum atomic E-state index is -0.499. The summed E-state index contributed by atoms with van der Waals surface area (Å²) < 4.78 is 0. The molecule has 5 nitrogen and oxygen atoms in total. The molecule has 0 unspecified atom stereocenters. The van der Waals surface area contributed by atoms with Crippen molar-refractivity contribution in [1.82, 2.24) is 4.90 Å². The number of nitrogens with one attached hydrogen (secondary N) is 1. The summed E-state index contributed by atoms with van der Waals surface area (Å²) in [6.07, 6.45) is 0. The molecular weight excluding hydrogens is 277 g/mol. The van der Waals surface area contributed by atoms with Crippen molar-refractivity contribution >= 4 is 40.7 Å². The molecule has 0 spiro atoms. The van der Waals surface area contributed by atoms with E-state index in [1.54, 1.807) is 25.2 Å². The summed E-state index contributed by atoms with van der Waals surface area (Å²) >= 11 is 11.8. The SMILES string of the molecule is CN(CC(N)=O)CC(=O)Nc1c(Cl)cccc1Cl. The van der Waals surface area contributed by atoms with Crippen LogP contribution < -0.4 is 11.1 Å². The molecule has 0 bridgehead atoms. The number of amides is 2. The van der Waals surface area contributed by atoms with Gasteiger partial charge in [0.15, 0.2) is 0 Å². The normalized spacial score (nSPS) is 10.4. The molecule has 0 aromatic heterocycles. The van der Waals surface area contributed by atoms with E-state index in [2.05, 4.69) is 5.32 Å². The lowest BCUT2D eigenvalue weighted by atomic mass is 10.3. The Bertz CT molecular complexity index is 445. The third kappa shape index (κ3) is 4.52. The number of primary amides is 1. The zero-order chi connectivity index (χ0) is 13.7. The van der Waals surface area contributed by atoms with E-state index in [0.717, 1.165) is 0 Å². The van der Waals surface area contributed by atoms with Crippen molar-refractivity contribution in [2.75, 3.05) is 25.5 Å². The molecule has 0 aliphatic carbocycles. The highest BCUT2D eigenvalue weighted by atomic mass is 35.5. The average molecular weight is 290 g/mol. The second kappa shape index (κ2) is 6.58. The molecule has 7 heteroatoms. The number of benzene rings is 1. The fourth-order valence-corrected chi connectivity index (χ4v) is 1.86. The van der Waals surface area contributed by atoms with E-state index in [1.165, 1.54) is 4.90 Å². The summed E-state index contributed by atoms with van der Waals surface area (Å²) in [4.78, 5) is 23.8. The Kier molecular flexibility index (Phi) is 5.40. The summed E-state index contributed by atoms with van der Waals surface area (Å²) in [5.41, 5.74) is 5.37. The van der Waals surface area contributed by atoms with E-state index in [9.17, 15) is 9.59 Å². The largest absolute Gasteiger partial charge is 0.369 e. The zero-order valence-corrected chi connectivity index (χ0v) is 11.3. The highest BCUT2D eigenvalue weighted by molar-refractivity contribution is 6.39. The summed E-state index contributed by atoms with van der Waals surface area (Å²) in [7, 11) is 1.61. The lowest BCUT2D eigenvalue weighted by Gasteiger charge is -2.15. The molecule has 0 fully saturated rings. The Labute approximate surface area is 115 Å². The number of para-hydroxylation sites is 1. The molecular formula is C11H13Cl2N3O2. The molecule has 0 saturated carbocycles. The van der Waals surface area contributed by atoms with E-state index in [0.29, 0.717) is 15.7 Å². The van der Waals surface area contributed by atoms with Gasteiger partial charge in [-0.1, -0.05) is 29.3 Å². The molecule has 18 heavy (non-hydrogen) atoms. The first-order chi connectivity index (χ1) is 8.40. The summed E-state index contributed by atoms with van der Waals surface area (Å²) in [6.45, 7) is 0.0220. The van der Waals surface area contributed by atoms with Gasteiger partial charge in [-0.25, -0.2) is 0 Å². The number of nitrogens with zero attached hydrogens (tertiary/aromatic N) is 1. The second-order valence-corrected chi connectivity index (χ2v) is 4.60. The molecule has 0 aliphatic heterocycles. The van der Waals surface area contributed by atoms with Gasteiger partial charge in [0.25, 0.3) is 0 Å². The van der Waals surface area contributed by atoms with Crippen molar-refractivity contribution < 1.29 is 9.59 Å². The average Bonchev–Trinajstić information content (AvgIpc) is 2.22. The van der Waals surface area contributed by atoms with Crippen molar-refractivity contribution in [3.05, 3.63) is 28.2 Å². The van der Waals surface area contributed by atoms with Crippen molar-refractivity contribution in [1.29, 1.82) is 0 Å². The number of nitrogens with two attached hydrogens (primary N) is 1. The summed E-state index contributed by atoms with van der Waals surface area (Å²) in [5.74, 6) is -0.824. The minimum Gasteiger partial charge on any atom is -0.369 e. The van der Waals surface area contributed by atoms with Crippen LogP contribution in [0.1, 0.15) is 0 Å². The van der Waals surface area contributed by atoms with Crippen LogP contribution >= 0.6 is 23.2 Å². The third-order valence-corrected chi connectivity index (χ3v) is 2.70. The Morgan fingerprint density at radius 3 is 2.33 bits per heavy atom. The molecule has 2 amide bonds. The number of hydrogen-bond acceptors (Lipinski definition) is 3. The van der Waals surface area contributed by atoms with E-state index < -0.39 is 5.91 Å². The van der Waals surface area contributed by atoms with E-state index in [-0.39, 0.29) is 19.0 Å². The van der Waals surface area contributed by atoms with Gasteiger partial charge in [0, 0.05) is 0 Å². The third-order valence-electron chi connectivity index (χ3n) is 2.07. The van der Waals surface area contributed by atoms with Gasteiger partial charge in [-0.3, -0.25) is 14.5 Å². The maximum atomic E-state index is 11.7. The van der Waals surface area contributed by atoms with Crippen LogP contribution in [-0.4, -0.2) is 36.9 Å². The highest BCUT2D eigenvalue weighted by Gasteiger charge is 2.12. The lowest BCUT2D eigenvalue weighted by molar-refractivity contribution is -0.120. The van der Waals surface area contributed by atoms with Gasteiger partial charge in [0.2, 0.25) is 11.8 Å². The predicted molar refractivity (Wildman–Crippen MR) is 71.8 cm³/mol. The number of carbonyl (C=O) groups is 2. The number of rotatable bonds is 5. The van der Waals surface area contributed by atoms with Gasteiger partial charge < -0.3 is 11.1 Å². The Hall–Kier alpha value is -1.30. The first-order valence-corrected chi connectivity index (χ1v) is 5.86. The molecule has 3 N–H and O–H groups in total. The summed E-state index contributed by atoms with van der Waals surface area (Å²) in [6, 6.07) is 4.92. The molecule has 0 radical (unpaired) electrons. The van der Waals surface area contributed by atoms with Crippen LogP contribution in [0.2, 0.25) is 10.0 Å². The van der Waals surface area contributed by atoms with Crippen LogP contribution in [0.4, 0.5) is 5.69 Å². The molecule has 1 aromatic rings. The van der Waals surface area contributed by atoms with Gasteiger partial charge in [-0.2, -0.15) is 0 Å². The van der Waals surface area contributed by atoms with Crippen LogP contribution in [0, 0.1) is 0 Å². The molecule has 0 atom stereocenters. The number of anilines is 1. The molecule has 0 aliphatic rings. The maximum Gasteiger partial charge on any atom is 0.238 e. The zero-order valence-electron chi connectivity index (χ0n) is 9.74. The Balaban J connectivity index is 2.62. The van der Waals surface area contributed by atoms with E-state index in [4.69, 9.17) is 28.9 Å². The smallest absolute Gasteiger partial charge is 0.238 e. The van der Waals surface area contributed by atoms with Gasteiger partial charge in [-0.05, 0) is 19.2 Å². The molecule has 0 saturated heterocycles. The number of likely N-dealkylation sites (N-methyl/N-ethyl adjacent to an activating group) is 1. The molecule has 1 aromatic carbocycles.